The summed E-state index contributed by atoms with van der Waals surface area (Å²) < 4.78 is 0. The highest BCUT2D eigenvalue weighted by Gasteiger charge is 2.15. The molecule has 3 nitrogen and oxygen atoms in total. The molecule has 0 spiro atoms. The van der Waals surface area contributed by atoms with Crippen molar-refractivity contribution in [2.75, 3.05) is 23.8 Å². The molecule has 2 rings (SSSR count). The third-order valence-corrected chi connectivity index (χ3v) is 2.51. The smallest absolute Gasteiger partial charge is 0.226 e. The van der Waals surface area contributed by atoms with Crippen molar-refractivity contribution >= 4 is 17.3 Å². The van der Waals surface area contributed by atoms with E-state index in [0.29, 0.717) is 6.42 Å². The second kappa shape index (κ2) is 3.33. The van der Waals surface area contributed by atoms with E-state index in [1.165, 1.54) is 5.56 Å². The number of anilines is 2. The molecule has 74 valence electrons. The molecule has 1 aromatic carbocycles. The van der Waals surface area contributed by atoms with Crippen LogP contribution in [0.25, 0.3) is 0 Å². The number of amides is 1. The van der Waals surface area contributed by atoms with Gasteiger partial charge in [-0.25, -0.2) is 0 Å². The molecule has 0 bridgehead atoms. The first-order valence-corrected chi connectivity index (χ1v) is 4.78. The largest absolute Gasteiger partial charge is 0.372 e. The SMILES string of the molecule is Cc1ccc2c(c1)N(C)CCC(=O)N2. The summed E-state index contributed by atoms with van der Waals surface area (Å²) >= 11 is 0. The highest BCUT2D eigenvalue weighted by atomic mass is 16.1. The lowest BCUT2D eigenvalue weighted by Gasteiger charge is -2.18. The van der Waals surface area contributed by atoms with Crippen LogP contribution in [0.4, 0.5) is 11.4 Å². The number of hydrogen-bond acceptors (Lipinski definition) is 2. The molecule has 0 saturated carbocycles. The van der Waals surface area contributed by atoms with Crippen molar-refractivity contribution in [3.05, 3.63) is 23.8 Å². The molecule has 1 aliphatic heterocycles. The third-order valence-electron chi connectivity index (χ3n) is 2.51. The van der Waals surface area contributed by atoms with Gasteiger partial charge in [0.05, 0.1) is 11.4 Å². The number of benzene rings is 1. The van der Waals surface area contributed by atoms with Crippen LogP contribution >= 0.6 is 0 Å². The molecular weight excluding hydrogens is 176 g/mol. The molecule has 1 heterocycles. The first-order valence-electron chi connectivity index (χ1n) is 4.78. The minimum atomic E-state index is 0.0967. The molecule has 0 aliphatic carbocycles. The van der Waals surface area contributed by atoms with Gasteiger partial charge >= 0.3 is 0 Å². The summed E-state index contributed by atoms with van der Waals surface area (Å²) in [5.74, 6) is 0.0967. The monoisotopic (exact) mass is 190 g/mol. The number of carbonyl (C=O) groups excluding carboxylic acids is 1. The molecule has 1 N–H and O–H groups in total. The molecule has 1 aliphatic rings. The fourth-order valence-electron chi connectivity index (χ4n) is 1.67. The third kappa shape index (κ3) is 1.58. The highest BCUT2D eigenvalue weighted by molar-refractivity contribution is 5.96. The highest BCUT2D eigenvalue weighted by Crippen LogP contribution is 2.28. The summed E-state index contributed by atoms with van der Waals surface area (Å²) in [6.07, 6.45) is 0.560. The number of hydrogen-bond donors (Lipinski definition) is 1. The van der Waals surface area contributed by atoms with Gasteiger partial charge < -0.3 is 10.2 Å². The van der Waals surface area contributed by atoms with Crippen LogP contribution in [0.15, 0.2) is 18.2 Å². The van der Waals surface area contributed by atoms with Crippen LogP contribution in [-0.2, 0) is 4.79 Å². The van der Waals surface area contributed by atoms with Crippen molar-refractivity contribution < 1.29 is 4.79 Å². The Morgan fingerprint density at radius 1 is 1.43 bits per heavy atom. The van der Waals surface area contributed by atoms with E-state index in [0.717, 1.165) is 17.9 Å². The zero-order valence-corrected chi connectivity index (χ0v) is 8.50. The van der Waals surface area contributed by atoms with Gasteiger partial charge in [0.2, 0.25) is 5.91 Å². The Morgan fingerprint density at radius 2 is 2.21 bits per heavy atom. The number of aryl methyl sites for hydroxylation is 1. The van der Waals surface area contributed by atoms with Gasteiger partial charge in [0.1, 0.15) is 0 Å². The minimum Gasteiger partial charge on any atom is -0.372 e. The molecule has 1 amide bonds. The van der Waals surface area contributed by atoms with E-state index >= 15 is 0 Å². The summed E-state index contributed by atoms with van der Waals surface area (Å²) in [4.78, 5) is 13.4. The molecule has 1 aromatic rings. The molecule has 0 saturated heterocycles. The zero-order valence-electron chi connectivity index (χ0n) is 8.50. The van der Waals surface area contributed by atoms with Gasteiger partial charge in [0.25, 0.3) is 0 Å². The lowest BCUT2D eigenvalue weighted by molar-refractivity contribution is -0.115. The van der Waals surface area contributed by atoms with Crippen molar-refractivity contribution in [3.63, 3.8) is 0 Å². The van der Waals surface area contributed by atoms with Crippen LogP contribution in [0.2, 0.25) is 0 Å². The van der Waals surface area contributed by atoms with Gasteiger partial charge in [-0.2, -0.15) is 0 Å². The summed E-state index contributed by atoms with van der Waals surface area (Å²) in [6, 6.07) is 6.07. The lowest BCUT2D eigenvalue weighted by atomic mass is 10.2. The van der Waals surface area contributed by atoms with Crippen LogP contribution < -0.4 is 10.2 Å². The Balaban J connectivity index is 2.46. The summed E-state index contributed by atoms with van der Waals surface area (Å²) in [5, 5.41) is 2.90. The Bertz CT molecular complexity index is 374. The number of nitrogens with zero attached hydrogens (tertiary/aromatic N) is 1. The van der Waals surface area contributed by atoms with Gasteiger partial charge in [0.15, 0.2) is 0 Å². The maximum atomic E-state index is 11.3. The van der Waals surface area contributed by atoms with E-state index in [9.17, 15) is 4.79 Å². The first kappa shape index (κ1) is 9.06. The second-order valence-electron chi connectivity index (χ2n) is 3.74. The van der Waals surface area contributed by atoms with Crippen molar-refractivity contribution in [2.45, 2.75) is 13.3 Å². The van der Waals surface area contributed by atoms with Gasteiger partial charge in [-0.1, -0.05) is 6.07 Å². The Labute approximate surface area is 83.7 Å². The predicted octanol–water partition coefficient (Wildman–Crippen LogP) is 1.77. The van der Waals surface area contributed by atoms with Crippen LogP contribution in [-0.4, -0.2) is 19.5 Å². The molecule has 0 radical (unpaired) electrons. The minimum absolute atomic E-state index is 0.0967. The predicted molar refractivity (Wildman–Crippen MR) is 57.7 cm³/mol. The van der Waals surface area contributed by atoms with Crippen molar-refractivity contribution in [1.29, 1.82) is 0 Å². The standard InChI is InChI=1S/C11H14N2O/c1-8-3-4-9-10(7-8)13(2)6-5-11(14)12-9/h3-4,7H,5-6H2,1-2H3,(H,12,14). The maximum absolute atomic E-state index is 11.3. The number of rotatable bonds is 0. The van der Waals surface area contributed by atoms with Crippen LogP contribution in [0.1, 0.15) is 12.0 Å². The second-order valence-corrected chi connectivity index (χ2v) is 3.74. The molecule has 0 fully saturated rings. The molecule has 3 heteroatoms. The Morgan fingerprint density at radius 3 is 3.00 bits per heavy atom. The quantitative estimate of drug-likeness (QED) is 0.676. The number of carbonyl (C=O) groups is 1. The van der Waals surface area contributed by atoms with Crippen molar-refractivity contribution in [1.82, 2.24) is 0 Å². The molecule has 0 atom stereocenters. The van der Waals surface area contributed by atoms with Gasteiger partial charge in [-0.3, -0.25) is 4.79 Å². The molecular formula is C11H14N2O. The fourth-order valence-corrected chi connectivity index (χ4v) is 1.67. The Hall–Kier alpha value is -1.51. The van der Waals surface area contributed by atoms with Crippen molar-refractivity contribution in [2.24, 2.45) is 0 Å². The average Bonchev–Trinajstić information content (AvgIpc) is 2.29. The molecule has 0 unspecified atom stereocenters. The summed E-state index contributed by atoms with van der Waals surface area (Å²) in [7, 11) is 2.01. The van der Waals surface area contributed by atoms with Gasteiger partial charge in [0, 0.05) is 20.0 Å². The summed E-state index contributed by atoms with van der Waals surface area (Å²) in [6.45, 7) is 2.84. The van der Waals surface area contributed by atoms with E-state index < -0.39 is 0 Å². The number of nitrogens with one attached hydrogen (secondary N) is 1. The maximum Gasteiger partial charge on any atom is 0.226 e. The zero-order chi connectivity index (χ0) is 10.1. The fraction of sp³-hybridized carbons (Fsp3) is 0.364. The van der Waals surface area contributed by atoms with E-state index in [2.05, 4.69) is 23.2 Å². The van der Waals surface area contributed by atoms with E-state index in [4.69, 9.17) is 0 Å². The van der Waals surface area contributed by atoms with Crippen molar-refractivity contribution in [3.8, 4) is 0 Å². The van der Waals surface area contributed by atoms with Crippen LogP contribution in [0, 0.1) is 6.92 Å². The number of fused-ring (bicyclic) bond motifs is 1. The normalized spacial score (nSPS) is 15.9. The van der Waals surface area contributed by atoms with E-state index in [-0.39, 0.29) is 5.91 Å². The van der Waals surface area contributed by atoms with E-state index in [1.807, 2.05) is 19.2 Å². The lowest BCUT2D eigenvalue weighted by Crippen LogP contribution is -2.18. The van der Waals surface area contributed by atoms with Gasteiger partial charge in [-0.15, -0.1) is 0 Å². The average molecular weight is 190 g/mol. The topological polar surface area (TPSA) is 32.3 Å². The van der Waals surface area contributed by atoms with Crippen LogP contribution in [0.5, 0.6) is 0 Å². The van der Waals surface area contributed by atoms with E-state index in [1.54, 1.807) is 0 Å². The van der Waals surface area contributed by atoms with Gasteiger partial charge in [-0.05, 0) is 24.6 Å². The first-order chi connectivity index (χ1) is 6.66. The van der Waals surface area contributed by atoms with Crippen LogP contribution in [0.3, 0.4) is 0 Å². The molecule has 0 aromatic heterocycles. The summed E-state index contributed by atoms with van der Waals surface area (Å²) in [5.41, 5.74) is 3.24. The Kier molecular flexibility index (Phi) is 2.15. The molecule has 14 heavy (non-hydrogen) atoms.